The fourth-order valence-corrected chi connectivity index (χ4v) is 2.86. The van der Waals surface area contributed by atoms with Crippen molar-refractivity contribution in [3.05, 3.63) is 23.2 Å². The minimum atomic E-state index is 0.160. The van der Waals surface area contributed by atoms with E-state index < -0.39 is 0 Å². The molecule has 0 bridgehead atoms. The Bertz CT molecular complexity index is 421. The van der Waals surface area contributed by atoms with Gasteiger partial charge < -0.3 is 19.2 Å². The highest BCUT2D eigenvalue weighted by molar-refractivity contribution is 5.21. The van der Waals surface area contributed by atoms with E-state index in [9.17, 15) is 0 Å². The summed E-state index contributed by atoms with van der Waals surface area (Å²) in [7, 11) is 3.50. The third kappa shape index (κ3) is 4.30. The summed E-state index contributed by atoms with van der Waals surface area (Å²) in [6, 6.07) is 2.17. The first-order chi connectivity index (χ1) is 10.2. The topological polar surface area (TPSA) is 46.9 Å². The summed E-state index contributed by atoms with van der Waals surface area (Å²) < 4.78 is 16.8. The van der Waals surface area contributed by atoms with Crippen molar-refractivity contribution in [1.82, 2.24) is 10.2 Å². The molecular formula is C16H28N2O3. The van der Waals surface area contributed by atoms with Gasteiger partial charge >= 0.3 is 0 Å². The van der Waals surface area contributed by atoms with E-state index in [1.54, 1.807) is 14.2 Å². The normalized spacial score (nSPS) is 23.0. The number of furan rings is 1. The summed E-state index contributed by atoms with van der Waals surface area (Å²) in [6.45, 7) is 8.73. The summed E-state index contributed by atoms with van der Waals surface area (Å²) in [5, 5.41) is 3.37. The molecule has 2 heterocycles. The van der Waals surface area contributed by atoms with Crippen LogP contribution in [-0.4, -0.2) is 51.0 Å². The molecule has 0 aromatic carbocycles. The van der Waals surface area contributed by atoms with Crippen molar-refractivity contribution in [1.29, 1.82) is 0 Å². The minimum absolute atomic E-state index is 0.160. The summed E-state index contributed by atoms with van der Waals surface area (Å²) in [6.07, 6.45) is 1.46. The van der Waals surface area contributed by atoms with E-state index in [1.807, 2.05) is 6.92 Å². The number of rotatable bonds is 8. The van der Waals surface area contributed by atoms with Crippen molar-refractivity contribution in [2.45, 2.75) is 45.6 Å². The van der Waals surface area contributed by atoms with Crippen LogP contribution in [0.25, 0.3) is 0 Å². The molecule has 0 saturated carbocycles. The lowest BCUT2D eigenvalue weighted by Gasteiger charge is -2.14. The predicted molar refractivity (Wildman–Crippen MR) is 82.3 cm³/mol. The van der Waals surface area contributed by atoms with Gasteiger partial charge in [0.2, 0.25) is 0 Å². The smallest absolute Gasteiger partial charge is 0.118 e. The lowest BCUT2D eigenvalue weighted by molar-refractivity contribution is -0.00461. The van der Waals surface area contributed by atoms with Crippen molar-refractivity contribution in [2.24, 2.45) is 0 Å². The minimum Gasteiger partial charge on any atom is -0.465 e. The van der Waals surface area contributed by atoms with Gasteiger partial charge in [-0.05, 0) is 26.0 Å². The van der Waals surface area contributed by atoms with Crippen LogP contribution in [0.5, 0.6) is 0 Å². The van der Waals surface area contributed by atoms with E-state index in [0.717, 1.165) is 50.7 Å². The molecule has 1 aliphatic heterocycles. The lowest BCUT2D eigenvalue weighted by atomic mass is 10.2. The molecule has 1 N–H and O–H groups in total. The second-order valence-corrected chi connectivity index (χ2v) is 5.71. The molecular weight excluding hydrogens is 268 g/mol. The number of nitrogens with zero attached hydrogens (tertiary/aromatic N) is 1. The highest BCUT2D eigenvalue weighted by atomic mass is 16.5. The zero-order valence-electron chi connectivity index (χ0n) is 13.6. The average Bonchev–Trinajstić information content (AvgIpc) is 3.03. The van der Waals surface area contributed by atoms with Gasteiger partial charge in [-0.1, -0.05) is 6.92 Å². The van der Waals surface area contributed by atoms with Crippen LogP contribution in [-0.2, 0) is 22.6 Å². The standard InChI is InChI=1S/C16H28N2O3/c1-5-6-17-8-14-7-13(12(2)21-14)9-18-10-15(19-3)16(11-18)20-4/h7,15-17H,5-6,8-11H2,1-4H3. The maximum atomic E-state index is 5.83. The first kappa shape index (κ1) is 16.5. The molecule has 2 unspecified atom stereocenters. The molecule has 0 amide bonds. The Balaban J connectivity index is 1.91. The quantitative estimate of drug-likeness (QED) is 0.743. The monoisotopic (exact) mass is 296 g/mol. The average molecular weight is 296 g/mol. The Kier molecular flexibility index (Phi) is 6.23. The third-order valence-electron chi connectivity index (χ3n) is 4.09. The van der Waals surface area contributed by atoms with Crippen molar-refractivity contribution < 1.29 is 13.9 Å². The Morgan fingerprint density at radius 2 is 1.95 bits per heavy atom. The summed E-state index contributed by atoms with van der Waals surface area (Å²) in [5.41, 5.74) is 1.26. The number of nitrogens with one attached hydrogen (secondary N) is 1. The van der Waals surface area contributed by atoms with Crippen LogP contribution in [0.4, 0.5) is 0 Å². The number of aryl methyl sites for hydroxylation is 1. The second kappa shape index (κ2) is 7.94. The summed E-state index contributed by atoms with van der Waals surface area (Å²) in [4.78, 5) is 2.36. The van der Waals surface area contributed by atoms with Gasteiger partial charge in [0.15, 0.2) is 0 Å². The van der Waals surface area contributed by atoms with Crippen molar-refractivity contribution in [2.75, 3.05) is 33.9 Å². The number of likely N-dealkylation sites (tertiary alicyclic amines) is 1. The highest BCUT2D eigenvalue weighted by Gasteiger charge is 2.33. The van der Waals surface area contributed by atoms with Crippen molar-refractivity contribution in [3.8, 4) is 0 Å². The fraction of sp³-hybridized carbons (Fsp3) is 0.750. The van der Waals surface area contributed by atoms with Gasteiger partial charge in [-0.25, -0.2) is 0 Å². The molecule has 1 aliphatic rings. The van der Waals surface area contributed by atoms with Gasteiger partial charge in [0.1, 0.15) is 11.5 Å². The van der Waals surface area contributed by atoms with Crippen LogP contribution in [0.3, 0.4) is 0 Å². The highest BCUT2D eigenvalue weighted by Crippen LogP contribution is 2.22. The summed E-state index contributed by atoms with van der Waals surface area (Å²) in [5.74, 6) is 2.03. The van der Waals surface area contributed by atoms with E-state index >= 15 is 0 Å². The van der Waals surface area contributed by atoms with Gasteiger partial charge in [-0.15, -0.1) is 0 Å². The number of hydrogen-bond donors (Lipinski definition) is 1. The molecule has 1 saturated heterocycles. The SMILES string of the molecule is CCCNCc1cc(CN2CC(OC)C(OC)C2)c(C)o1. The second-order valence-electron chi connectivity index (χ2n) is 5.71. The maximum absolute atomic E-state index is 5.83. The first-order valence-electron chi connectivity index (χ1n) is 7.74. The molecule has 2 rings (SSSR count). The largest absolute Gasteiger partial charge is 0.465 e. The van der Waals surface area contributed by atoms with Crippen LogP contribution in [0.1, 0.15) is 30.4 Å². The molecule has 120 valence electrons. The Hall–Kier alpha value is -0.880. The number of methoxy groups -OCH3 is 2. The number of ether oxygens (including phenoxy) is 2. The van der Waals surface area contributed by atoms with E-state index in [4.69, 9.17) is 13.9 Å². The Morgan fingerprint density at radius 3 is 2.52 bits per heavy atom. The molecule has 0 spiro atoms. The molecule has 1 aromatic rings. The van der Waals surface area contributed by atoms with Gasteiger partial charge in [0.25, 0.3) is 0 Å². The fourth-order valence-electron chi connectivity index (χ4n) is 2.86. The van der Waals surface area contributed by atoms with Gasteiger partial charge in [0.05, 0.1) is 18.8 Å². The van der Waals surface area contributed by atoms with Crippen LogP contribution in [0.2, 0.25) is 0 Å². The van der Waals surface area contributed by atoms with Gasteiger partial charge in [-0.2, -0.15) is 0 Å². The lowest BCUT2D eigenvalue weighted by Crippen LogP contribution is -2.27. The van der Waals surface area contributed by atoms with Crippen molar-refractivity contribution in [3.63, 3.8) is 0 Å². The predicted octanol–water partition coefficient (Wildman–Crippen LogP) is 1.93. The summed E-state index contributed by atoms with van der Waals surface area (Å²) >= 11 is 0. The van der Waals surface area contributed by atoms with E-state index in [-0.39, 0.29) is 12.2 Å². The molecule has 5 heteroatoms. The van der Waals surface area contributed by atoms with E-state index in [1.165, 1.54) is 5.56 Å². The number of hydrogen-bond acceptors (Lipinski definition) is 5. The molecule has 0 aliphatic carbocycles. The molecule has 5 nitrogen and oxygen atoms in total. The van der Waals surface area contributed by atoms with Crippen LogP contribution in [0.15, 0.2) is 10.5 Å². The van der Waals surface area contributed by atoms with Crippen molar-refractivity contribution >= 4 is 0 Å². The zero-order valence-corrected chi connectivity index (χ0v) is 13.6. The zero-order chi connectivity index (χ0) is 15.2. The van der Waals surface area contributed by atoms with E-state index in [2.05, 4.69) is 23.2 Å². The Labute approximate surface area is 127 Å². The van der Waals surface area contributed by atoms with Gasteiger partial charge in [0, 0.05) is 39.4 Å². The molecule has 21 heavy (non-hydrogen) atoms. The van der Waals surface area contributed by atoms with Crippen LogP contribution in [0, 0.1) is 6.92 Å². The van der Waals surface area contributed by atoms with Crippen LogP contribution < -0.4 is 5.32 Å². The molecule has 1 fully saturated rings. The molecule has 1 aromatic heterocycles. The first-order valence-corrected chi connectivity index (χ1v) is 7.74. The molecule has 2 atom stereocenters. The molecule has 0 radical (unpaired) electrons. The maximum Gasteiger partial charge on any atom is 0.118 e. The van der Waals surface area contributed by atoms with Gasteiger partial charge in [-0.3, -0.25) is 4.90 Å². The van der Waals surface area contributed by atoms with E-state index in [0.29, 0.717) is 0 Å². The third-order valence-corrected chi connectivity index (χ3v) is 4.09. The van der Waals surface area contributed by atoms with Crippen LogP contribution >= 0.6 is 0 Å². The Morgan fingerprint density at radius 1 is 1.29 bits per heavy atom.